The molecule has 1 saturated heterocycles. The first-order valence-electron chi connectivity index (χ1n) is 12.2. The van der Waals surface area contributed by atoms with E-state index in [-0.39, 0.29) is 11.3 Å². The number of ether oxygens (including phenoxy) is 1. The van der Waals surface area contributed by atoms with Gasteiger partial charge in [-0.15, -0.1) is 0 Å². The van der Waals surface area contributed by atoms with Crippen LogP contribution in [0.5, 0.6) is 5.75 Å². The van der Waals surface area contributed by atoms with Crippen molar-refractivity contribution in [3.63, 3.8) is 0 Å². The van der Waals surface area contributed by atoms with Crippen LogP contribution in [0.1, 0.15) is 42.1 Å². The number of carbonyl (C=O) groups is 2. The summed E-state index contributed by atoms with van der Waals surface area (Å²) >= 11 is 0. The van der Waals surface area contributed by atoms with E-state index < -0.39 is 17.7 Å². The molecular formula is C30H32N2O4. The molecule has 1 aliphatic heterocycles. The quantitative estimate of drug-likeness (QED) is 0.261. The first-order chi connectivity index (χ1) is 17.3. The van der Waals surface area contributed by atoms with Crippen LogP contribution in [0.3, 0.4) is 0 Å². The lowest BCUT2D eigenvalue weighted by Gasteiger charge is -2.27. The summed E-state index contributed by atoms with van der Waals surface area (Å²) in [4.78, 5) is 30.6. The van der Waals surface area contributed by atoms with Crippen molar-refractivity contribution in [3.8, 4) is 5.75 Å². The van der Waals surface area contributed by atoms with Crippen LogP contribution in [0, 0.1) is 13.8 Å². The maximum absolute atomic E-state index is 13.4. The minimum atomic E-state index is -0.789. The van der Waals surface area contributed by atoms with E-state index in [0.29, 0.717) is 17.0 Å². The molecule has 1 N–H and O–H groups in total. The van der Waals surface area contributed by atoms with Crippen LogP contribution >= 0.6 is 0 Å². The van der Waals surface area contributed by atoms with E-state index in [4.69, 9.17) is 4.74 Å². The van der Waals surface area contributed by atoms with Gasteiger partial charge in [-0.2, -0.15) is 0 Å². The van der Waals surface area contributed by atoms with Crippen LogP contribution in [0.4, 0.5) is 11.4 Å². The first-order valence-corrected chi connectivity index (χ1v) is 12.2. The van der Waals surface area contributed by atoms with Gasteiger partial charge in [0.25, 0.3) is 11.7 Å². The molecule has 6 heteroatoms. The summed E-state index contributed by atoms with van der Waals surface area (Å²) in [6.07, 6.45) is 0. The molecule has 1 atom stereocenters. The predicted octanol–water partition coefficient (Wildman–Crippen LogP) is 5.78. The summed E-state index contributed by atoms with van der Waals surface area (Å²) < 4.78 is 5.43. The molecular weight excluding hydrogens is 452 g/mol. The maximum Gasteiger partial charge on any atom is 0.300 e. The van der Waals surface area contributed by atoms with E-state index in [1.54, 1.807) is 24.3 Å². The topological polar surface area (TPSA) is 70.1 Å². The fourth-order valence-corrected chi connectivity index (χ4v) is 4.73. The van der Waals surface area contributed by atoms with Crippen molar-refractivity contribution in [1.29, 1.82) is 0 Å². The number of amides is 1. The summed E-state index contributed by atoms with van der Waals surface area (Å²) in [7, 11) is 1.50. The second kappa shape index (κ2) is 10.3. The molecule has 4 rings (SSSR count). The van der Waals surface area contributed by atoms with Crippen LogP contribution in [-0.4, -0.2) is 37.0 Å². The van der Waals surface area contributed by atoms with Gasteiger partial charge in [-0.25, -0.2) is 0 Å². The molecule has 3 aromatic rings. The van der Waals surface area contributed by atoms with Crippen molar-refractivity contribution < 1.29 is 19.4 Å². The van der Waals surface area contributed by atoms with E-state index in [0.717, 1.165) is 35.5 Å². The molecule has 6 nitrogen and oxygen atoms in total. The van der Waals surface area contributed by atoms with Gasteiger partial charge in [0.2, 0.25) is 0 Å². The zero-order chi connectivity index (χ0) is 26.0. The number of hydrogen-bond donors (Lipinski definition) is 1. The minimum Gasteiger partial charge on any atom is -0.507 e. The Morgan fingerprint density at radius 2 is 1.61 bits per heavy atom. The van der Waals surface area contributed by atoms with E-state index in [9.17, 15) is 14.7 Å². The molecule has 1 aliphatic rings. The van der Waals surface area contributed by atoms with Gasteiger partial charge >= 0.3 is 0 Å². The van der Waals surface area contributed by atoms with Crippen molar-refractivity contribution >= 4 is 28.8 Å². The van der Waals surface area contributed by atoms with Gasteiger partial charge in [-0.3, -0.25) is 14.5 Å². The van der Waals surface area contributed by atoms with E-state index in [1.807, 2.05) is 56.3 Å². The highest BCUT2D eigenvalue weighted by molar-refractivity contribution is 6.51. The number of nitrogens with zero attached hydrogens (tertiary/aromatic N) is 2. The Balaban J connectivity index is 1.94. The number of benzene rings is 3. The lowest BCUT2D eigenvalue weighted by Crippen LogP contribution is -2.29. The number of ketones is 1. The molecule has 186 valence electrons. The molecule has 0 saturated carbocycles. The Labute approximate surface area is 212 Å². The fraction of sp³-hybridized carbons (Fsp3) is 0.267. The molecule has 0 aromatic heterocycles. The third kappa shape index (κ3) is 4.35. The lowest BCUT2D eigenvalue weighted by atomic mass is 9.94. The highest BCUT2D eigenvalue weighted by atomic mass is 16.5. The highest BCUT2D eigenvalue weighted by Gasteiger charge is 2.47. The van der Waals surface area contributed by atoms with Crippen LogP contribution < -0.4 is 14.5 Å². The predicted molar refractivity (Wildman–Crippen MR) is 144 cm³/mol. The monoisotopic (exact) mass is 484 g/mol. The number of carbonyl (C=O) groups excluding carboxylic acids is 2. The van der Waals surface area contributed by atoms with Crippen LogP contribution in [-0.2, 0) is 9.59 Å². The Bertz CT molecular complexity index is 1320. The summed E-state index contributed by atoms with van der Waals surface area (Å²) in [6, 6.07) is 19.7. The average molecular weight is 485 g/mol. The van der Waals surface area contributed by atoms with Gasteiger partial charge in [-0.1, -0.05) is 30.3 Å². The zero-order valence-electron chi connectivity index (χ0n) is 21.4. The standard InChI is InChI=1S/C30H32N2O4/c1-6-31(7-2)22-16-13-21(14-17-22)27-26(28(33)24-10-8-9-11-25(24)36-5)29(34)30(35)32(27)23-15-12-19(3)20(4)18-23/h8-18,27,33H,6-7H2,1-5H3/b28-26+. The molecule has 1 unspecified atom stereocenters. The van der Waals surface area contributed by atoms with Crippen molar-refractivity contribution in [2.24, 2.45) is 0 Å². The molecule has 1 fully saturated rings. The lowest BCUT2D eigenvalue weighted by molar-refractivity contribution is -0.132. The van der Waals surface area contributed by atoms with E-state index >= 15 is 0 Å². The number of methoxy groups -OCH3 is 1. The maximum atomic E-state index is 13.4. The number of Topliss-reactive ketones (excluding diaryl/α,β-unsaturated/α-hetero) is 1. The SMILES string of the molecule is CCN(CC)c1ccc(C2/C(=C(\O)c3ccccc3OC)C(=O)C(=O)N2c2ccc(C)c(C)c2)cc1. The van der Waals surface area contributed by atoms with Crippen molar-refractivity contribution in [1.82, 2.24) is 0 Å². The van der Waals surface area contributed by atoms with Gasteiger partial charge in [0.1, 0.15) is 11.5 Å². The summed E-state index contributed by atoms with van der Waals surface area (Å²) in [5.41, 5.74) is 4.90. The number of aryl methyl sites for hydroxylation is 2. The van der Waals surface area contributed by atoms with Crippen LogP contribution in [0.15, 0.2) is 72.3 Å². The molecule has 0 bridgehead atoms. The summed E-state index contributed by atoms with van der Waals surface area (Å²) in [5.74, 6) is -1.24. The zero-order valence-corrected chi connectivity index (χ0v) is 21.4. The largest absolute Gasteiger partial charge is 0.507 e. The van der Waals surface area contributed by atoms with Crippen LogP contribution in [0.2, 0.25) is 0 Å². The smallest absolute Gasteiger partial charge is 0.300 e. The van der Waals surface area contributed by atoms with Gasteiger partial charge in [-0.05, 0) is 80.8 Å². The highest BCUT2D eigenvalue weighted by Crippen LogP contribution is 2.43. The van der Waals surface area contributed by atoms with Crippen molar-refractivity contribution in [3.05, 3.63) is 94.6 Å². The number of anilines is 2. The van der Waals surface area contributed by atoms with Crippen molar-refractivity contribution in [2.75, 3.05) is 30.0 Å². The van der Waals surface area contributed by atoms with Gasteiger partial charge in [0.15, 0.2) is 0 Å². The molecule has 36 heavy (non-hydrogen) atoms. The third-order valence-corrected chi connectivity index (χ3v) is 6.91. The van der Waals surface area contributed by atoms with Crippen LogP contribution in [0.25, 0.3) is 5.76 Å². The van der Waals surface area contributed by atoms with E-state index in [1.165, 1.54) is 12.0 Å². The number of aliphatic hydroxyl groups is 1. The molecule has 0 aliphatic carbocycles. The van der Waals surface area contributed by atoms with Crippen molar-refractivity contribution in [2.45, 2.75) is 33.7 Å². The minimum absolute atomic E-state index is 0.0401. The summed E-state index contributed by atoms with van der Waals surface area (Å²) in [5, 5.41) is 11.4. The van der Waals surface area contributed by atoms with Gasteiger partial charge in [0.05, 0.1) is 24.3 Å². The normalized spacial score (nSPS) is 16.9. The molecule has 3 aromatic carbocycles. The van der Waals surface area contributed by atoms with E-state index in [2.05, 4.69) is 18.7 Å². The molecule has 1 amide bonds. The second-order valence-electron chi connectivity index (χ2n) is 8.90. The number of rotatable bonds is 7. The second-order valence-corrected chi connectivity index (χ2v) is 8.90. The number of hydrogen-bond acceptors (Lipinski definition) is 5. The molecule has 0 radical (unpaired) electrons. The first kappa shape index (κ1) is 25.0. The molecule has 1 heterocycles. The number of para-hydroxylation sites is 1. The fourth-order valence-electron chi connectivity index (χ4n) is 4.73. The third-order valence-electron chi connectivity index (χ3n) is 6.91. The average Bonchev–Trinajstić information content (AvgIpc) is 3.16. The van der Waals surface area contributed by atoms with Gasteiger partial charge < -0.3 is 14.7 Å². The Morgan fingerprint density at radius 1 is 0.944 bits per heavy atom. The Kier molecular flexibility index (Phi) is 7.15. The summed E-state index contributed by atoms with van der Waals surface area (Å²) in [6.45, 7) is 9.89. The Morgan fingerprint density at radius 3 is 2.22 bits per heavy atom. The number of aliphatic hydroxyl groups excluding tert-OH is 1. The Hall–Kier alpha value is -4.06. The molecule has 0 spiro atoms. The van der Waals surface area contributed by atoms with Gasteiger partial charge in [0, 0.05) is 24.5 Å².